The Hall–Kier alpha value is -1.61. The lowest BCUT2D eigenvalue weighted by atomic mass is 9.93. The third kappa shape index (κ3) is 4.82. The van der Waals surface area contributed by atoms with Gasteiger partial charge in [0.15, 0.2) is 0 Å². The Kier molecular flexibility index (Phi) is 6.46. The van der Waals surface area contributed by atoms with Crippen LogP contribution in [0.4, 0.5) is 0 Å². The van der Waals surface area contributed by atoms with E-state index in [0.717, 1.165) is 12.8 Å². The highest BCUT2D eigenvalue weighted by atomic mass is 16.2. The van der Waals surface area contributed by atoms with Crippen molar-refractivity contribution in [1.82, 2.24) is 9.80 Å². The zero-order valence-electron chi connectivity index (χ0n) is 12.3. The second-order valence-electron chi connectivity index (χ2n) is 5.49. The number of carbonyl (C=O) groups is 2. The Morgan fingerprint density at radius 1 is 1.45 bits per heavy atom. The molecule has 112 valence electrons. The largest absolute Gasteiger partial charge is 0.369 e. The number of likely N-dealkylation sites (tertiary alicyclic amines) is 1. The molecule has 1 rings (SSSR count). The lowest BCUT2D eigenvalue weighted by Crippen LogP contribution is -2.46. The lowest BCUT2D eigenvalue weighted by molar-refractivity contribution is -0.130. The van der Waals surface area contributed by atoms with E-state index >= 15 is 0 Å². The van der Waals surface area contributed by atoms with Crippen molar-refractivity contribution < 1.29 is 9.59 Å². The van der Waals surface area contributed by atoms with Crippen molar-refractivity contribution in [3.05, 3.63) is 0 Å². The number of nitriles is 1. The predicted molar refractivity (Wildman–Crippen MR) is 75.4 cm³/mol. The van der Waals surface area contributed by atoms with Crippen molar-refractivity contribution in [2.75, 3.05) is 26.7 Å². The first-order chi connectivity index (χ1) is 9.45. The zero-order valence-corrected chi connectivity index (χ0v) is 12.3. The van der Waals surface area contributed by atoms with Crippen LogP contribution in [0.25, 0.3) is 0 Å². The van der Waals surface area contributed by atoms with Gasteiger partial charge < -0.3 is 10.6 Å². The molecule has 0 radical (unpaired) electrons. The molecule has 6 nitrogen and oxygen atoms in total. The van der Waals surface area contributed by atoms with E-state index in [1.807, 2.05) is 6.07 Å². The fourth-order valence-corrected chi connectivity index (χ4v) is 2.50. The number of rotatable bonds is 6. The van der Waals surface area contributed by atoms with Gasteiger partial charge >= 0.3 is 0 Å². The Morgan fingerprint density at radius 3 is 2.75 bits per heavy atom. The topological polar surface area (TPSA) is 90.4 Å². The number of carbonyl (C=O) groups excluding carboxylic acids is 2. The number of primary amides is 1. The number of nitrogens with zero attached hydrogens (tertiary/aromatic N) is 3. The molecule has 2 unspecified atom stereocenters. The normalized spacial score (nSPS) is 23.1. The van der Waals surface area contributed by atoms with E-state index in [2.05, 4.69) is 11.8 Å². The van der Waals surface area contributed by atoms with Gasteiger partial charge in [-0.05, 0) is 19.8 Å². The van der Waals surface area contributed by atoms with Crippen LogP contribution in [0.2, 0.25) is 0 Å². The minimum absolute atomic E-state index is 0.0358. The van der Waals surface area contributed by atoms with Crippen molar-refractivity contribution in [3.8, 4) is 6.07 Å². The summed E-state index contributed by atoms with van der Waals surface area (Å²) in [5, 5.41) is 8.51. The van der Waals surface area contributed by atoms with Crippen molar-refractivity contribution in [1.29, 1.82) is 5.26 Å². The van der Waals surface area contributed by atoms with Crippen LogP contribution in [0.15, 0.2) is 0 Å². The summed E-state index contributed by atoms with van der Waals surface area (Å²) in [4.78, 5) is 26.9. The first kappa shape index (κ1) is 16.4. The van der Waals surface area contributed by atoms with Crippen LogP contribution >= 0.6 is 0 Å². The van der Waals surface area contributed by atoms with Gasteiger partial charge in [0.05, 0.1) is 18.4 Å². The van der Waals surface area contributed by atoms with Gasteiger partial charge in [-0.25, -0.2) is 0 Å². The van der Waals surface area contributed by atoms with Crippen LogP contribution in [0, 0.1) is 17.2 Å². The highest BCUT2D eigenvalue weighted by Gasteiger charge is 2.28. The zero-order chi connectivity index (χ0) is 15.1. The van der Waals surface area contributed by atoms with E-state index in [4.69, 9.17) is 11.0 Å². The highest BCUT2D eigenvalue weighted by molar-refractivity contribution is 5.77. The maximum atomic E-state index is 11.9. The van der Waals surface area contributed by atoms with E-state index in [1.54, 1.807) is 11.9 Å². The van der Waals surface area contributed by atoms with E-state index < -0.39 is 0 Å². The van der Waals surface area contributed by atoms with Gasteiger partial charge in [-0.2, -0.15) is 5.26 Å². The summed E-state index contributed by atoms with van der Waals surface area (Å²) in [6.45, 7) is 3.86. The van der Waals surface area contributed by atoms with E-state index in [-0.39, 0.29) is 17.7 Å². The number of piperidine rings is 1. The minimum atomic E-state index is -0.251. The fraction of sp³-hybridized carbons (Fsp3) is 0.786. The standard InChI is InChI=1S/C14H24N4O2/c1-11-4-5-12(14(16)20)10-18(11)9-6-13(19)17(2)8-3-7-15/h11-12H,3-6,8-10H2,1-2H3,(H2,16,20). The van der Waals surface area contributed by atoms with Crippen LogP contribution in [0.5, 0.6) is 0 Å². The molecule has 1 saturated heterocycles. The van der Waals surface area contributed by atoms with Crippen molar-refractivity contribution in [3.63, 3.8) is 0 Å². The third-order valence-electron chi connectivity index (χ3n) is 4.01. The summed E-state index contributed by atoms with van der Waals surface area (Å²) in [6, 6.07) is 2.41. The first-order valence-corrected chi connectivity index (χ1v) is 7.10. The molecule has 2 amide bonds. The summed E-state index contributed by atoms with van der Waals surface area (Å²) >= 11 is 0. The predicted octanol–water partition coefficient (Wildman–Crippen LogP) is 0.334. The molecule has 1 aliphatic heterocycles. The van der Waals surface area contributed by atoms with Crippen LogP contribution in [-0.4, -0.2) is 54.3 Å². The maximum absolute atomic E-state index is 11.9. The van der Waals surface area contributed by atoms with E-state index in [9.17, 15) is 9.59 Å². The van der Waals surface area contributed by atoms with Gasteiger partial charge in [0.25, 0.3) is 0 Å². The summed E-state index contributed by atoms with van der Waals surface area (Å²) in [5.41, 5.74) is 5.36. The molecule has 20 heavy (non-hydrogen) atoms. The molecular weight excluding hydrogens is 256 g/mol. The molecule has 0 aromatic rings. The lowest BCUT2D eigenvalue weighted by Gasteiger charge is -2.36. The molecule has 2 atom stereocenters. The van der Waals surface area contributed by atoms with Crippen LogP contribution < -0.4 is 5.73 Å². The number of hydrogen-bond acceptors (Lipinski definition) is 4. The van der Waals surface area contributed by atoms with Gasteiger partial charge in [0, 0.05) is 39.1 Å². The molecule has 0 aliphatic carbocycles. The van der Waals surface area contributed by atoms with Gasteiger partial charge in [0.1, 0.15) is 0 Å². The Bertz CT molecular complexity index is 391. The second-order valence-corrected chi connectivity index (χ2v) is 5.49. The third-order valence-corrected chi connectivity index (χ3v) is 4.01. The monoisotopic (exact) mass is 280 g/mol. The minimum Gasteiger partial charge on any atom is -0.369 e. The van der Waals surface area contributed by atoms with Crippen LogP contribution in [0.1, 0.15) is 32.6 Å². The van der Waals surface area contributed by atoms with Crippen LogP contribution in [0.3, 0.4) is 0 Å². The molecule has 1 heterocycles. The molecule has 2 N–H and O–H groups in total. The number of hydrogen-bond donors (Lipinski definition) is 1. The molecule has 0 aromatic carbocycles. The molecule has 1 aliphatic rings. The highest BCUT2D eigenvalue weighted by Crippen LogP contribution is 2.21. The average molecular weight is 280 g/mol. The Labute approximate surface area is 120 Å². The van der Waals surface area contributed by atoms with Gasteiger partial charge in [-0.15, -0.1) is 0 Å². The van der Waals surface area contributed by atoms with Crippen molar-refractivity contribution in [2.24, 2.45) is 11.7 Å². The van der Waals surface area contributed by atoms with Crippen LogP contribution in [-0.2, 0) is 9.59 Å². The SMILES string of the molecule is CC1CCC(C(N)=O)CN1CCC(=O)N(C)CCC#N. The van der Waals surface area contributed by atoms with Gasteiger partial charge in [-0.1, -0.05) is 0 Å². The van der Waals surface area contributed by atoms with Gasteiger partial charge in [0.2, 0.25) is 11.8 Å². The smallest absolute Gasteiger partial charge is 0.223 e. The number of amides is 2. The molecule has 0 saturated carbocycles. The Morgan fingerprint density at radius 2 is 2.15 bits per heavy atom. The van der Waals surface area contributed by atoms with E-state index in [0.29, 0.717) is 38.5 Å². The summed E-state index contributed by atoms with van der Waals surface area (Å²) in [7, 11) is 1.71. The number of nitrogens with two attached hydrogens (primary N) is 1. The molecule has 6 heteroatoms. The quantitative estimate of drug-likeness (QED) is 0.759. The molecule has 0 spiro atoms. The molecule has 1 fully saturated rings. The second kappa shape index (κ2) is 7.85. The Balaban J connectivity index is 2.41. The maximum Gasteiger partial charge on any atom is 0.223 e. The molecular formula is C14H24N4O2. The van der Waals surface area contributed by atoms with Crippen molar-refractivity contribution in [2.45, 2.75) is 38.6 Å². The summed E-state index contributed by atoms with van der Waals surface area (Å²) < 4.78 is 0. The van der Waals surface area contributed by atoms with Crippen molar-refractivity contribution >= 4 is 11.8 Å². The molecule has 0 bridgehead atoms. The summed E-state index contributed by atoms with van der Waals surface area (Å²) in [5.74, 6) is -0.314. The average Bonchev–Trinajstić information content (AvgIpc) is 2.43. The summed E-state index contributed by atoms with van der Waals surface area (Å²) in [6.07, 6.45) is 2.54. The fourth-order valence-electron chi connectivity index (χ4n) is 2.50. The van der Waals surface area contributed by atoms with Gasteiger partial charge in [-0.3, -0.25) is 14.5 Å². The first-order valence-electron chi connectivity index (χ1n) is 7.10. The van der Waals surface area contributed by atoms with E-state index in [1.165, 1.54) is 0 Å². The molecule has 0 aromatic heterocycles.